The van der Waals surface area contributed by atoms with Gasteiger partial charge in [0.2, 0.25) is 0 Å². The van der Waals surface area contributed by atoms with Gasteiger partial charge in [-0.05, 0) is 24.3 Å². The number of aromatic nitrogens is 6. The molecule has 3 aromatic heterocycles. The van der Waals surface area contributed by atoms with E-state index in [4.69, 9.17) is 23.2 Å². The first-order chi connectivity index (χ1) is 12.2. The molecule has 0 saturated carbocycles. The molecule has 0 saturated heterocycles. The van der Waals surface area contributed by atoms with E-state index >= 15 is 0 Å². The van der Waals surface area contributed by atoms with Crippen LogP contribution < -0.4 is 5.56 Å². The highest BCUT2D eigenvalue weighted by Crippen LogP contribution is 2.27. The van der Waals surface area contributed by atoms with Crippen molar-refractivity contribution in [3.05, 3.63) is 56.7 Å². The van der Waals surface area contributed by atoms with Gasteiger partial charge in [-0.1, -0.05) is 23.2 Å². The summed E-state index contributed by atoms with van der Waals surface area (Å²) >= 11 is 11.9. The van der Waals surface area contributed by atoms with Crippen LogP contribution >= 0.6 is 23.2 Å². The van der Waals surface area contributed by atoms with Gasteiger partial charge in [0.05, 0.1) is 5.69 Å². The van der Waals surface area contributed by atoms with E-state index < -0.39 is 17.6 Å². The number of pyridine rings is 1. The second-order valence-electron chi connectivity index (χ2n) is 5.20. The van der Waals surface area contributed by atoms with E-state index in [1.165, 1.54) is 35.0 Å². The van der Waals surface area contributed by atoms with Gasteiger partial charge in [0.15, 0.2) is 5.52 Å². The Hall–Kier alpha value is -2.72. The quantitative estimate of drug-likeness (QED) is 0.490. The molecule has 0 spiro atoms. The predicted molar refractivity (Wildman–Crippen MR) is 86.7 cm³/mol. The first-order valence-corrected chi connectivity index (χ1v) is 7.68. The third-order valence-corrected chi connectivity index (χ3v) is 3.92. The molecule has 7 nitrogen and oxygen atoms in total. The zero-order valence-electron chi connectivity index (χ0n) is 12.4. The Bertz CT molecular complexity index is 1210. The summed E-state index contributed by atoms with van der Waals surface area (Å²) in [5, 5.41) is 11.2. The number of fused-ring (bicyclic) bond motifs is 3. The maximum absolute atomic E-state index is 12.8. The maximum atomic E-state index is 12.8. The lowest BCUT2D eigenvalue weighted by Crippen LogP contribution is -2.20. The fourth-order valence-electron chi connectivity index (χ4n) is 2.41. The van der Waals surface area contributed by atoms with Crippen molar-refractivity contribution < 1.29 is 13.2 Å². The lowest BCUT2D eigenvalue weighted by atomic mass is 10.3. The molecule has 0 radical (unpaired) electrons. The summed E-state index contributed by atoms with van der Waals surface area (Å²) in [6, 6.07) is 5.88. The lowest BCUT2D eigenvalue weighted by molar-refractivity contribution is -0.144. The van der Waals surface area contributed by atoms with Crippen molar-refractivity contribution in [1.82, 2.24) is 29.4 Å². The minimum atomic E-state index is -4.74. The van der Waals surface area contributed by atoms with Gasteiger partial charge >= 0.3 is 6.18 Å². The molecule has 12 heteroatoms. The van der Waals surface area contributed by atoms with Crippen LogP contribution in [0.2, 0.25) is 10.0 Å². The van der Waals surface area contributed by atoms with Gasteiger partial charge in [-0.25, -0.2) is 0 Å². The highest BCUT2D eigenvalue weighted by molar-refractivity contribution is 6.34. The average molecular weight is 401 g/mol. The summed E-state index contributed by atoms with van der Waals surface area (Å²) < 4.78 is 40.4. The Morgan fingerprint density at radius 2 is 1.73 bits per heavy atom. The topological polar surface area (TPSA) is 78.0 Å². The molecule has 0 atom stereocenters. The van der Waals surface area contributed by atoms with Crippen molar-refractivity contribution in [2.45, 2.75) is 6.18 Å². The molecule has 0 aliphatic carbocycles. The molecule has 26 heavy (non-hydrogen) atoms. The lowest BCUT2D eigenvalue weighted by Gasteiger charge is -2.08. The molecule has 132 valence electrons. The van der Waals surface area contributed by atoms with E-state index in [0.29, 0.717) is 15.7 Å². The number of nitrogens with zero attached hydrogens (tertiary/aromatic N) is 6. The second-order valence-corrected chi connectivity index (χ2v) is 6.07. The Morgan fingerprint density at radius 1 is 1.04 bits per heavy atom. The Balaban J connectivity index is 1.99. The monoisotopic (exact) mass is 400 g/mol. The number of hydrogen-bond acceptors (Lipinski definition) is 5. The molecular weight excluding hydrogens is 396 g/mol. The minimum absolute atomic E-state index is 0.0346. The SMILES string of the molecule is O=c1c2nnc3nc(C(F)(F)F)nn3c2ccn1-c1cc(Cl)cc(Cl)c1. The van der Waals surface area contributed by atoms with Crippen LogP contribution in [0.3, 0.4) is 0 Å². The van der Waals surface area contributed by atoms with Crippen molar-refractivity contribution in [2.24, 2.45) is 0 Å². The Labute approximate surface area is 151 Å². The van der Waals surface area contributed by atoms with Gasteiger partial charge in [-0.2, -0.15) is 22.7 Å². The number of halogens is 5. The zero-order chi connectivity index (χ0) is 18.6. The normalized spacial score (nSPS) is 12.2. The third-order valence-electron chi connectivity index (χ3n) is 3.48. The van der Waals surface area contributed by atoms with Crippen LogP contribution in [-0.4, -0.2) is 29.4 Å². The van der Waals surface area contributed by atoms with Crippen molar-refractivity contribution in [3.63, 3.8) is 0 Å². The molecular formula is C14H5Cl2F3N6O. The van der Waals surface area contributed by atoms with Gasteiger partial charge in [-0.15, -0.1) is 15.3 Å². The van der Waals surface area contributed by atoms with E-state index in [1.54, 1.807) is 0 Å². The number of rotatable bonds is 1. The fourth-order valence-corrected chi connectivity index (χ4v) is 2.92. The van der Waals surface area contributed by atoms with E-state index in [-0.39, 0.29) is 16.8 Å². The molecule has 0 fully saturated rings. The van der Waals surface area contributed by atoms with E-state index in [2.05, 4.69) is 20.3 Å². The van der Waals surface area contributed by atoms with Crippen LogP contribution in [0.5, 0.6) is 0 Å². The van der Waals surface area contributed by atoms with Crippen LogP contribution in [0, 0.1) is 0 Å². The first-order valence-electron chi connectivity index (χ1n) is 6.92. The smallest absolute Gasteiger partial charge is 0.282 e. The number of alkyl halides is 3. The molecule has 0 amide bonds. The largest absolute Gasteiger partial charge is 0.453 e. The van der Waals surface area contributed by atoms with Crippen LogP contribution in [-0.2, 0) is 6.18 Å². The van der Waals surface area contributed by atoms with Crippen molar-refractivity contribution in [2.75, 3.05) is 0 Å². The molecule has 0 N–H and O–H groups in total. The summed E-state index contributed by atoms with van der Waals surface area (Å²) in [7, 11) is 0. The molecule has 3 heterocycles. The van der Waals surface area contributed by atoms with Gasteiger partial charge in [0.1, 0.15) is 5.52 Å². The van der Waals surface area contributed by atoms with Crippen molar-refractivity contribution in [1.29, 1.82) is 0 Å². The van der Waals surface area contributed by atoms with E-state index in [0.717, 1.165) is 4.52 Å². The van der Waals surface area contributed by atoms with Crippen molar-refractivity contribution in [3.8, 4) is 5.69 Å². The van der Waals surface area contributed by atoms with E-state index in [9.17, 15) is 18.0 Å². The van der Waals surface area contributed by atoms with E-state index in [1.807, 2.05) is 0 Å². The zero-order valence-corrected chi connectivity index (χ0v) is 13.9. The molecule has 4 rings (SSSR count). The van der Waals surface area contributed by atoms with Gasteiger partial charge in [0.25, 0.3) is 17.2 Å². The van der Waals surface area contributed by atoms with Crippen LogP contribution in [0.25, 0.3) is 22.5 Å². The average Bonchev–Trinajstić information content (AvgIpc) is 2.99. The second kappa shape index (κ2) is 5.64. The standard InChI is InChI=1S/C14H5Cl2F3N6O/c15-6-3-7(16)5-8(4-6)24-2-1-9-10(11(24)26)21-22-13-20-12(14(17,18)19)23-25(9)13/h1-5H. The van der Waals surface area contributed by atoms with Crippen LogP contribution in [0.15, 0.2) is 35.3 Å². The Kier molecular flexibility index (Phi) is 3.63. The molecule has 0 unspecified atom stereocenters. The van der Waals surface area contributed by atoms with Crippen LogP contribution in [0.4, 0.5) is 13.2 Å². The number of benzene rings is 1. The molecule has 1 aromatic carbocycles. The molecule has 0 aliphatic heterocycles. The summed E-state index contributed by atoms with van der Waals surface area (Å²) in [5.74, 6) is -1.74. The predicted octanol–water partition coefficient (Wildman–Crippen LogP) is 3.15. The maximum Gasteiger partial charge on any atom is 0.453 e. The molecule has 0 bridgehead atoms. The summed E-state index contributed by atoms with van der Waals surface area (Å²) in [4.78, 5) is 16.0. The minimum Gasteiger partial charge on any atom is -0.282 e. The summed E-state index contributed by atoms with van der Waals surface area (Å²) in [6.45, 7) is 0. The summed E-state index contributed by atoms with van der Waals surface area (Å²) in [5.41, 5.74) is -0.410. The first kappa shape index (κ1) is 16.7. The van der Waals surface area contributed by atoms with Gasteiger partial charge in [-0.3, -0.25) is 9.36 Å². The third kappa shape index (κ3) is 2.67. The van der Waals surface area contributed by atoms with Gasteiger partial charge in [0, 0.05) is 16.2 Å². The van der Waals surface area contributed by atoms with Crippen LogP contribution in [0.1, 0.15) is 5.82 Å². The van der Waals surface area contributed by atoms with Gasteiger partial charge < -0.3 is 0 Å². The highest BCUT2D eigenvalue weighted by Gasteiger charge is 2.36. The Morgan fingerprint density at radius 3 is 2.38 bits per heavy atom. The summed E-state index contributed by atoms with van der Waals surface area (Å²) in [6.07, 6.45) is -3.39. The fraction of sp³-hybridized carbons (Fsp3) is 0.0714. The molecule has 0 aliphatic rings. The molecule has 4 aromatic rings. The highest BCUT2D eigenvalue weighted by atomic mass is 35.5. The van der Waals surface area contributed by atoms with Crippen molar-refractivity contribution >= 4 is 40.0 Å². The number of hydrogen-bond donors (Lipinski definition) is 0.